The van der Waals surface area contributed by atoms with Crippen LogP contribution in [0.15, 0.2) is 36.4 Å². The first-order valence-electron chi connectivity index (χ1n) is 9.29. The van der Waals surface area contributed by atoms with Crippen LogP contribution in [0.3, 0.4) is 0 Å². The molecule has 2 aliphatic carbocycles. The summed E-state index contributed by atoms with van der Waals surface area (Å²) in [5.41, 5.74) is 1.08. The summed E-state index contributed by atoms with van der Waals surface area (Å²) in [5.74, 6) is -2.51. The van der Waals surface area contributed by atoms with E-state index in [9.17, 15) is 19.1 Å². The molecule has 2 fully saturated rings. The number of carboxylic acid groups (broad SMARTS) is 1. The Kier molecular flexibility index (Phi) is 4.53. The van der Waals surface area contributed by atoms with E-state index in [1.54, 1.807) is 12.1 Å². The number of rotatable bonds is 4. The highest BCUT2D eigenvalue weighted by atomic mass is 19.1. The van der Waals surface area contributed by atoms with Crippen LogP contribution in [0.4, 0.5) is 4.39 Å². The molecule has 6 heteroatoms. The van der Waals surface area contributed by atoms with Crippen LogP contribution in [0.2, 0.25) is 0 Å². The maximum atomic E-state index is 13.0. The van der Waals surface area contributed by atoms with Crippen molar-refractivity contribution < 1.29 is 24.0 Å². The van der Waals surface area contributed by atoms with Crippen molar-refractivity contribution in [2.24, 2.45) is 23.7 Å². The van der Waals surface area contributed by atoms with E-state index in [1.165, 1.54) is 17.0 Å². The van der Waals surface area contributed by atoms with Gasteiger partial charge in [-0.25, -0.2) is 4.39 Å². The predicted octanol–water partition coefficient (Wildman–Crippen LogP) is -0.759. The Hall–Kier alpha value is -2.21. The van der Waals surface area contributed by atoms with E-state index in [1.807, 2.05) is 17.1 Å². The second-order valence-corrected chi connectivity index (χ2v) is 7.70. The third-order valence-electron chi connectivity index (χ3n) is 6.17. The molecule has 1 aromatic rings. The minimum absolute atomic E-state index is 0.0307. The molecule has 1 aromatic carbocycles. The summed E-state index contributed by atoms with van der Waals surface area (Å²) in [5, 5.41) is 11.5. The van der Waals surface area contributed by atoms with E-state index in [2.05, 4.69) is 0 Å². The number of nitrogens with one attached hydrogen (secondary N) is 1. The number of fused-ring (bicyclic) bond motifs is 2. The third kappa shape index (κ3) is 3.14. The Morgan fingerprint density at radius 1 is 1.08 bits per heavy atom. The van der Waals surface area contributed by atoms with Gasteiger partial charge >= 0.3 is 0 Å². The summed E-state index contributed by atoms with van der Waals surface area (Å²) in [6.07, 6.45) is 4.69. The zero-order valence-electron chi connectivity index (χ0n) is 14.6. The van der Waals surface area contributed by atoms with Gasteiger partial charge in [-0.05, 0) is 30.4 Å². The van der Waals surface area contributed by atoms with E-state index < -0.39 is 17.8 Å². The monoisotopic (exact) mass is 358 g/mol. The maximum absolute atomic E-state index is 13.0. The number of carbonyl (C=O) groups excluding carboxylic acids is 2. The molecule has 0 unspecified atom stereocenters. The SMILES string of the molecule is O=C([O-])[C@@H]1[C@@H](C(=O)N2CC[NH+](Cc3ccc(F)cc3)CC2)[C@@H]2C=C[C@@H]1C2. The Labute approximate surface area is 152 Å². The largest absolute Gasteiger partial charge is 0.550 e. The molecular formula is C20H23FN2O3. The number of carbonyl (C=O) groups is 2. The molecule has 3 aliphatic rings. The van der Waals surface area contributed by atoms with Crippen LogP contribution >= 0.6 is 0 Å². The molecule has 1 aliphatic heterocycles. The van der Waals surface area contributed by atoms with Gasteiger partial charge in [-0.15, -0.1) is 0 Å². The molecule has 1 saturated carbocycles. The van der Waals surface area contributed by atoms with Gasteiger partial charge in [0.15, 0.2) is 0 Å². The fraction of sp³-hybridized carbons (Fsp3) is 0.500. The molecule has 1 N–H and O–H groups in total. The van der Waals surface area contributed by atoms with Gasteiger partial charge in [-0.3, -0.25) is 4.79 Å². The van der Waals surface area contributed by atoms with Crippen LogP contribution in [-0.2, 0) is 16.1 Å². The zero-order valence-corrected chi connectivity index (χ0v) is 14.6. The van der Waals surface area contributed by atoms with Gasteiger partial charge in [0.2, 0.25) is 5.91 Å². The average Bonchev–Trinajstić information content (AvgIpc) is 3.25. The number of aliphatic carboxylic acids is 1. The quantitative estimate of drug-likeness (QED) is 0.720. The Bertz CT molecular complexity index is 725. The predicted molar refractivity (Wildman–Crippen MR) is 90.1 cm³/mol. The normalized spacial score (nSPS) is 30.7. The van der Waals surface area contributed by atoms with Gasteiger partial charge in [0.1, 0.15) is 12.4 Å². The minimum Gasteiger partial charge on any atom is -0.550 e. The molecular weight excluding hydrogens is 335 g/mol. The first-order chi connectivity index (χ1) is 12.5. The van der Waals surface area contributed by atoms with Crippen LogP contribution in [0, 0.1) is 29.5 Å². The lowest BCUT2D eigenvalue weighted by Gasteiger charge is -2.37. The Morgan fingerprint density at radius 3 is 2.31 bits per heavy atom. The van der Waals surface area contributed by atoms with Crippen LogP contribution < -0.4 is 10.0 Å². The first kappa shape index (κ1) is 17.2. The molecule has 5 nitrogen and oxygen atoms in total. The molecule has 0 radical (unpaired) electrons. The van der Waals surface area contributed by atoms with Gasteiger partial charge < -0.3 is 19.7 Å². The number of amides is 1. The van der Waals surface area contributed by atoms with Crippen LogP contribution in [0.5, 0.6) is 0 Å². The van der Waals surface area contributed by atoms with Gasteiger partial charge in [-0.2, -0.15) is 0 Å². The number of piperazine rings is 1. The van der Waals surface area contributed by atoms with E-state index in [0.29, 0.717) is 13.1 Å². The van der Waals surface area contributed by atoms with E-state index in [0.717, 1.165) is 31.6 Å². The highest BCUT2D eigenvalue weighted by molar-refractivity contribution is 5.86. The first-order valence-corrected chi connectivity index (χ1v) is 9.29. The number of nitrogens with zero attached hydrogens (tertiary/aromatic N) is 1. The van der Waals surface area contributed by atoms with Gasteiger partial charge in [0.25, 0.3) is 0 Å². The summed E-state index contributed by atoms with van der Waals surface area (Å²) in [6, 6.07) is 6.53. The number of halogens is 1. The smallest absolute Gasteiger partial charge is 0.227 e. The highest BCUT2D eigenvalue weighted by Gasteiger charge is 2.50. The van der Waals surface area contributed by atoms with E-state index in [-0.39, 0.29) is 23.6 Å². The van der Waals surface area contributed by atoms with E-state index >= 15 is 0 Å². The van der Waals surface area contributed by atoms with Crippen LogP contribution in [-0.4, -0.2) is 43.0 Å². The van der Waals surface area contributed by atoms with Gasteiger partial charge in [-0.1, -0.05) is 24.3 Å². The van der Waals surface area contributed by atoms with Crippen molar-refractivity contribution in [2.75, 3.05) is 26.2 Å². The second-order valence-electron chi connectivity index (χ2n) is 7.70. The number of allylic oxidation sites excluding steroid dienone is 2. The second kappa shape index (κ2) is 6.83. The Balaban J connectivity index is 1.36. The molecule has 1 heterocycles. The number of hydrogen-bond acceptors (Lipinski definition) is 3. The lowest BCUT2D eigenvalue weighted by atomic mass is 9.82. The molecule has 0 spiro atoms. The fourth-order valence-electron chi connectivity index (χ4n) is 4.80. The summed E-state index contributed by atoms with van der Waals surface area (Å²) in [6.45, 7) is 3.70. The maximum Gasteiger partial charge on any atom is 0.227 e. The van der Waals surface area contributed by atoms with Crippen molar-refractivity contribution in [2.45, 2.75) is 13.0 Å². The molecule has 4 atom stereocenters. The molecule has 2 bridgehead atoms. The van der Waals surface area contributed by atoms with Crippen LogP contribution in [0.1, 0.15) is 12.0 Å². The van der Waals surface area contributed by atoms with Crippen molar-refractivity contribution in [1.82, 2.24) is 4.90 Å². The lowest BCUT2D eigenvalue weighted by molar-refractivity contribution is -0.917. The number of hydrogen-bond donors (Lipinski definition) is 1. The standard InChI is InChI=1S/C20H23FN2O3/c21-16-5-1-13(2-6-16)12-22-7-9-23(10-8-22)19(24)17-14-3-4-15(11-14)18(17)20(25)26/h1-6,14-15,17-18H,7-12H2,(H,25,26)/t14-,15-,17+,18+/m1/s1. The Morgan fingerprint density at radius 2 is 1.69 bits per heavy atom. The number of carboxylic acids is 1. The molecule has 1 amide bonds. The summed E-state index contributed by atoms with van der Waals surface area (Å²) < 4.78 is 13.0. The van der Waals surface area contributed by atoms with Crippen molar-refractivity contribution >= 4 is 11.9 Å². The summed E-state index contributed by atoms with van der Waals surface area (Å²) >= 11 is 0. The van der Waals surface area contributed by atoms with Gasteiger partial charge in [0, 0.05) is 17.5 Å². The van der Waals surface area contributed by atoms with Crippen LogP contribution in [0.25, 0.3) is 0 Å². The van der Waals surface area contributed by atoms with Crippen molar-refractivity contribution in [3.8, 4) is 0 Å². The summed E-state index contributed by atoms with van der Waals surface area (Å²) in [4.78, 5) is 27.7. The van der Waals surface area contributed by atoms with Crippen molar-refractivity contribution in [3.05, 3.63) is 47.8 Å². The minimum atomic E-state index is -1.10. The lowest BCUT2D eigenvalue weighted by Crippen LogP contribution is -3.13. The third-order valence-corrected chi connectivity index (χ3v) is 6.17. The molecule has 138 valence electrons. The molecule has 4 rings (SSSR count). The number of quaternary nitrogens is 1. The average molecular weight is 358 g/mol. The van der Waals surface area contributed by atoms with Gasteiger partial charge in [0.05, 0.1) is 32.1 Å². The fourth-order valence-corrected chi connectivity index (χ4v) is 4.80. The molecule has 0 aromatic heterocycles. The summed E-state index contributed by atoms with van der Waals surface area (Å²) in [7, 11) is 0. The molecule has 1 saturated heterocycles. The van der Waals surface area contributed by atoms with Crippen molar-refractivity contribution in [3.63, 3.8) is 0 Å². The molecule has 26 heavy (non-hydrogen) atoms. The van der Waals surface area contributed by atoms with Crippen molar-refractivity contribution in [1.29, 1.82) is 0 Å². The number of benzene rings is 1. The highest BCUT2D eigenvalue weighted by Crippen LogP contribution is 2.48. The van der Waals surface area contributed by atoms with E-state index in [4.69, 9.17) is 0 Å². The topological polar surface area (TPSA) is 64.9 Å². The zero-order chi connectivity index (χ0) is 18.3.